The summed E-state index contributed by atoms with van der Waals surface area (Å²) in [6.07, 6.45) is 0. The van der Waals surface area contributed by atoms with Gasteiger partial charge < -0.3 is 4.74 Å². The minimum atomic E-state index is -0.586. The van der Waals surface area contributed by atoms with Crippen molar-refractivity contribution >= 4 is 22.7 Å². The maximum absolute atomic E-state index is 13.4. The van der Waals surface area contributed by atoms with Crippen molar-refractivity contribution < 1.29 is 9.13 Å². The molecule has 0 saturated carbocycles. The zero-order valence-electron chi connectivity index (χ0n) is 17.8. The summed E-state index contributed by atoms with van der Waals surface area (Å²) in [6, 6.07) is 37.3. The zero-order chi connectivity index (χ0) is 22.2. The highest BCUT2D eigenvalue weighted by atomic mass is 32.2. The predicted octanol–water partition coefficient (Wildman–Crippen LogP) is 7.58. The molecule has 0 saturated heterocycles. The highest BCUT2D eigenvalue weighted by Gasteiger charge is 2.39. The number of ether oxygens (including phenoxy) is 1. The van der Waals surface area contributed by atoms with Crippen molar-refractivity contribution in [3.8, 4) is 0 Å². The van der Waals surface area contributed by atoms with Gasteiger partial charge in [0.1, 0.15) is 5.82 Å². The van der Waals surface area contributed by atoms with Gasteiger partial charge in [0, 0.05) is 0 Å². The van der Waals surface area contributed by atoms with Crippen LogP contribution < -0.4 is 0 Å². The average molecular weight is 442 g/mol. The molecule has 4 aromatic carbocycles. The summed E-state index contributed by atoms with van der Waals surface area (Å²) >= 11 is 1.55. The molecule has 4 aromatic rings. The Kier molecular flexibility index (Phi) is 7.03. The number of thioether (sulfide) groups is 1. The highest BCUT2D eigenvalue weighted by Crippen LogP contribution is 2.49. The van der Waals surface area contributed by atoms with Gasteiger partial charge in [-0.2, -0.15) is 0 Å². The summed E-state index contributed by atoms with van der Waals surface area (Å²) in [4.78, 5) is 4.74. The summed E-state index contributed by atoms with van der Waals surface area (Å²) in [7, 11) is 0. The van der Waals surface area contributed by atoms with Gasteiger partial charge in [0.2, 0.25) is 0 Å². The van der Waals surface area contributed by atoms with E-state index in [2.05, 4.69) is 36.4 Å². The molecule has 32 heavy (non-hydrogen) atoms. The first-order valence-electron chi connectivity index (χ1n) is 10.5. The molecule has 4 rings (SSSR count). The van der Waals surface area contributed by atoms with Crippen molar-refractivity contribution in [3.05, 3.63) is 138 Å². The fourth-order valence-electron chi connectivity index (χ4n) is 3.66. The Hall–Kier alpha value is -3.37. The molecule has 0 aliphatic carbocycles. The monoisotopic (exact) mass is 441 g/mol. The van der Waals surface area contributed by atoms with Crippen LogP contribution in [0.2, 0.25) is 0 Å². The van der Waals surface area contributed by atoms with Crippen molar-refractivity contribution in [2.45, 2.75) is 11.7 Å². The van der Waals surface area contributed by atoms with E-state index >= 15 is 0 Å². The summed E-state index contributed by atoms with van der Waals surface area (Å²) < 4.78 is 18.9. The molecule has 0 aliphatic heterocycles. The maximum atomic E-state index is 13.4. The van der Waals surface area contributed by atoms with Gasteiger partial charge in [-0.05, 0) is 59.6 Å². The third-order valence-electron chi connectivity index (χ3n) is 5.10. The van der Waals surface area contributed by atoms with Gasteiger partial charge in [-0.25, -0.2) is 9.38 Å². The number of benzene rings is 4. The van der Waals surface area contributed by atoms with Crippen LogP contribution in [0.1, 0.15) is 23.6 Å². The van der Waals surface area contributed by atoms with Gasteiger partial charge in [0.05, 0.1) is 17.0 Å². The molecule has 160 valence electrons. The van der Waals surface area contributed by atoms with Crippen molar-refractivity contribution in [1.29, 1.82) is 0 Å². The van der Waals surface area contributed by atoms with Crippen LogP contribution in [0.4, 0.5) is 10.1 Å². The van der Waals surface area contributed by atoms with E-state index < -0.39 is 4.75 Å². The minimum absolute atomic E-state index is 0.290. The lowest BCUT2D eigenvalue weighted by atomic mass is 9.84. The smallest absolute Gasteiger partial charge is 0.252 e. The summed E-state index contributed by atoms with van der Waals surface area (Å²) in [5, 5.41) is 0.524. The molecule has 0 bridgehead atoms. The fraction of sp³-hybridized carbons (Fsp3) is 0.107. The lowest BCUT2D eigenvalue weighted by Crippen LogP contribution is -2.28. The molecule has 0 aliphatic rings. The summed E-state index contributed by atoms with van der Waals surface area (Å²) in [5.74, 6) is -0.290. The number of aliphatic imine (C=N–C) groups is 1. The molecule has 0 fully saturated rings. The topological polar surface area (TPSA) is 21.6 Å². The molecule has 0 unspecified atom stereocenters. The van der Waals surface area contributed by atoms with Crippen molar-refractivity contribution in [3.63, 3.8) is 0 Å². The third-order valence-corrected chi connectivity index (χ3v) is 6.49. The van der Waals surface area contributed by atoms with Gasteiger partial charge in [0.15, 0.2) is 0 Å². The summed E-state index contributed by atoms with van der Waals surface area (Å²) in [6.45, 7) is 2.41. The van der Waals surface area contributed by atoms with E-state index in [9.17, 15) is 4.39 Å². The van der Waals surface area contributed by atoms with E-state index in [1.807, 2.05) is 61.5 Å². The Balaban J connectivity index is 1.93. The minimum Gasteiger partial charge on any atom is -0.473 e. The molecule has 2 nitrogen and oxygen atoms in total. The van der Waals surface area contributed by atoms with E-state index in [1.165, 1.54) is 12.1 Å². The highest BCUT2D eigenvalue weighted by molar-refractivity contribution is 8.14. The Bertz CT molecular complexity index is 1050. The van der Waals surface area contributed by atoms with E-state index in [-0.39, 0.29) is 5.82 Å². The van der Waals surface area contributed by atoms with E-state index in [1.54, 1.807) is 23.9 Å². The van der Waals surface area contributed by atoms with Crippen LogP contribution in [0.15, 0.2) is 120 Å². The van der Waals surface area contributed by atoms with Crippen LogP contribution >= 0.6 is 11.8 Å². The van der Waals surface area contributed by atoms with Crippen molar-refractivity contribution in [2.24, 2.45) is 4.99 Å². The normalized spacial score (nSPS) is 11.9. The molecule has 4 heteroatoms. The van der Waals surface area contributed by atoms with Gasteiger partial charge in [0.25, 0.3) is 5.23 Å². The molecular weight excluding hydrogens is 417 g/mol. The molecule has 0 spiro atoms. The first-order valence-corrected chi connectivity index (χ1v) is 11.4. The first-order chi connectivity index (χ1) is 15.7. The van der Waals surface area contributed by atoms with E-state index in [4.69, 9.17) is 9.73 Å². The van der Waals surface area contributed by atoms with Crippen LogP contribution in [0, 0.1) is 5.82 Å². The molecule has 0 amide bonds. The van der Waals surface area contributed by atoms with E-state index in [0.717, 1.165) is 16.7 Å². The standard InChI is InChI=1S/C28H24FNOS/c1-2-31-27(30-26-20-18-25(29)19-21-26)32-28(22-12-6-3-7-13-22,23-14-8-4-9-15-23)24-16-10-5-11-17-24/h3-21H,2H2,1H3. The van der Waals surface area contributed by atoms with E-state index in [0.29, 0.717) is 17.5 Å². The van der Waals surface area contributed by atoms with Crippen LogP contribution in [-0.2, 0) is 9.48 Å². The molecule has 0 atom stereocenters. The van der Waals surface area contributed by atoms with Crippen LogP contribution in [-0.4, -0.2) is 11.8 Å². The third kappa shape index (κ3) is 4.76. The van der Waals surface area contributed by atoms with Gasteiger partial charge in [-0.3, -0.25) is 0 Å². The number of hydrogen-bond acceptors (Lipinski definition) is 3. The Labute approximate surface area is 192 Å². The lowest BCUT2D eigenvalue weighted by Gasteiger charge is -2.35. The molecule has 0 N–H and O–H groups in total. The van der Waals surface area contributed by atoms with Crippen LogP contribution in [0.3, 0.4) is 0 Å². The summed E-state index contributed by atoms with van der Waals surface area (Å²) in [5.41, 5.74) is 4.00. The average Bonchev–Trinajstić information content (AvgIpc) is 2.85. The second kappa shape index (κ2) is 10.3. The Morgan fingerprint density at radius 2 is 1.16 bits per heavy atom. The molecule has 0 radical (unpaired) electrons. The second-order valence-corrected chi connectivity index (χ2v) is 8.33. The zero-order valence-corrected chi connectivity index (χ0v) is 18.6. The van der Waals surface area contributed by atoms with Crippen molar-refractivity contribution in [1.82, 2.24) is 0 Å². The SMILES string of the molecule is CCOC(=Nc1ccc(F)cc1)SC(c1ccccc1)(c1ccccc1)c1ccccc1. The molecule has 0 heterocycles. The number of halogens is 1. The van der Waals surface area contributed by atoms with Crippen LogP contribution in [0.5, 0.6) is 0 Å². The van der Waals surface area contributed by atoms with Gasteiger partial charge in [-0.1, -0.05) is 91.0 Å². The quantitative estimate of drug-likeness (QED) is 0.175. The molecule has 0 aromatic heterocycles. The van der Waals surface area contributed by atoms with Gasteiger partial charge in [-0.15, -0.1) is 0 Å². The van der Waals surface area contributed by atoms with Crippen molar-refractivity contribution in [2.75, 3.05) is 6.61 Å². The fourth-order valence-corrected chi connectivity index (χ4v) is 5.01. The van der Waals surface area contributed by atoms with Gasteiger partial charge >= 0.3 is 0 Å². The predicted molar refractivity (Wildman–Crippen MR) is 132 cm³/mol. The largest absolute Gasteiger partial charge is 0.473 e. The maximum Gasteiger partial charge on any atom is 0.252 e. The first kappa shape index (κ1) is 21.8. The Morgan fingerprint density at radius 1 is 0.719 bits per heavy atom. The molecular formula is C28H24FNOS. The second-order valence-electron chi connectivity index (χ2n) is 7.17. The lowest BCUT2D eigenvalue weighted by molar-refractivity contribution is 0.338. The number of rotatable bonds is 6. The number of hydrogen-bond donors (Lipinski definition) is 0. The number of nitrogens with zero attached hydrogens (tertiary/aromatic N) is 1. The van der Waals surface area contributed by atoms with Crippen LogP contribution in [0.25, 0.3) is 0 Å². The Morgan fingerprint density at radius 3 is 1.56 bits per heavy atom.